The maximum atomic E-state index is 13.9. The van der Waals surface area contributed by atoms with Crippen molar-refractivity contribution >= 4 is 23.8 Å². The molecule has 0 N–H and O–H groups in total. The molecular weight excluding hydrogens is 368 g/mol. The minimum atomic E-state index is -0.810. The van der Waals surface area contributed by atoms with Crippen molar-refractivity contribution in [2.75, 3.05) is 29.9 Å². The van der Waals surface area contributed by atoms with Gasteiger partial charge in [0.25, 0.3) is 0 Å². The molecule has 4 rings (SSSR count). The lowest BCUT2D eigenvalue weighted by Gasteiger charge is -2.28. The third-order valence-electron chi connectivity index (χ3n) is 5.12. The van der Waals surface area contributed by atoms with Gasteiger partial charge < -0.3 is 9.80 Å². The summed E-state index contributed by atoms with van der Waals surface area (Å²) in [5.74, 6) is -0.580. The van der Waals surface area contributed by atoms with Gasteiger partial charge in [-0.25, -0.2) is 23.5 Å². The van der Waals surface area contributed by atoms with E-state index in [9.17, 15) is 18.4 Å². The Morgan fingerprint density at radius 1 is 1.29 bits per heavy atom. The van der Waals surface area contributed by atoms with Gasteiger partial charge in [0.1, 0.15) is 23.1 Å². The van der Waals surface area contributed by atoms with Gasteiger partial charge >= 0.3 is 6.03 Å². The van der Waals surface area contributed by atoms with Gasteiger partial charge in [-0.15, -0.1) is 0 Å². The van der Waals surface area contributed by atoms with Gasteiger partial charge in [0.2, 0.25) is 0 Å². The van der Waals surface area contributed by atoms with Crippen LogP contribution in [0.1, 0.15) is 24.2 Å². The van der Waals surface area contributed by atoms with Gasteiger partial charge in [-0.05, 0) is 24.5 Å². The highest BCUT2D eigenvalue weighted by atomic mass is 19.1. The minimum Gasteiger partial charge on any atom is -0.331 e. The Balaban J connectivity index is 1.65. The lowest BCUT2D eigenvalue weighted by molar-refractivity contribution is -0.108. The first-order valence-electron chi connectivity index (χ1n) is 9.05. The minimum absolute atomic E-state index is 0.0685. The highest BCUT2D eigenvalue weighted by molar-refractivity contribution is 6.02. The van der Waals surface area contributed by atoms with Gasteiger partial charge in [0.15, 0.2) is 18.3 Å². The number of carbonyl (C=O) groups excluding carboxylic acids is 2. The van der Waals surface area contributed by atoms with Gasteiger partial charge in [0.05, 0.1) is 6.20 Å². The number of likely N-dealkylation sites (N-methyl/N-ethyl adjacent to an activating group) is 1. The highest BCUT2D eigenvalue weighted by Crippen LogP contribution is 2.37. The second kappa shape index (κ2) is 7.14. The number of rotatable bonds is 3. The van der Waals surface area contributed by atoms with E-state index in [1.54, 1.807) is 16.8 Å². The fourth-order valence-corrected chi connectivity index (χ4v) is 3.62. The number of benzene rings is 1. The SMILES string of the molecule is CN1c2nc(Cc3ccc(F)cc3F)ncc2N(C(=O)N2CCCC2)C1C=O. The fourth-order valence-electron chi connectivity index (χ4n) is 3.62. The van der Waals surface area contributed by atoms with Gasteiger partial charge in [-0.1, -0.05) is 6.07 Å². The first-order chi connectivity index (χ1) is 13.5. The number of nitrogens with zero attached hydrogens (tertiary/aromatic N) is 5. The van der Waals surface area contributed by atoms with E-state index >= 15 is 0 Å². The summed E-state index contributed by atoms with van der Waals surface area (Å²) in [5.41, 5.74) is 0.707. The van der Waals surface area contributed by atoms with Crippen molar-refractivity contribution in [3.8, 4) is 0 Å². The molecule has 3 heterocycles. The number of fused-ring (bicyclic) bond motifs is 1. The molecule has 1 aromatic heterocycles. The molecule has 2 aliphatic rings. The predicted molar refractivity (Wildman–Crippen MR) is 98.1 cm³/mol. The summed E-state index contributed by atoms with van der Waals surface area (Å²) in [6.45, 7) is 1.31. The first kappa shape index (κ1) is 18.3. The van der Waals surface area contributed by atoms with Crippen molar-refractivity contribution in [3.05, 3.63) is 47.4 Å². The van der Waals surface area contributed by atoms with Crippen LogP contribution < -0.4 is 9.80 Å². The highest BCUT2D eigenvalue weighted by Gasteiger charge is 2.41. The van der Waals surface area contributed by atoms with Crippen LogP contribution in [-0.2, 0) is 11.2 Å². The molecule has 0 bridgehead atoms. The number of hydrogen-bond acceptors (Lipinski definition) is 5. The molecule has 2 aromatic rings. The molecule has 0 saturated carbocycles. The molecule has 0 radical (unpaired) electrons. The summed E-state index contributed by atoms with van der Waals surface area (Å²) in [7, 11) is 1.67. The van der Waals surface area contributed by atoms with E-state index in [0.29, 0.717) is 36.7 Å². The summed E-state index contributed by atoms with van der Waals surface area (Å²) in [4.78, 5) is 38.0. The van der Waals surface area contributed by atoms with Crippen LogP contribution in [0.4, 0.5) is 25.1 Å². The van der Waals surface area contributed by atoms with E-state index in [1.165, 1.54) is 23.2 Å². The second-order valence-electron chi connectivity index (χ2n) is 6.91. The molecule has 28 heavy (non-hydrogen) atoms. The zero-order valence-electron chi connectivity index (χ0n) is 15.3. The largest absolute Gasteiger partial charge is 0.331 e. The van der Waals surface area contributed by atoms with E-state index in [0.717, 1.165) is 18.9 Å². The molecule has 1 atom stereocenters. The van der Waals surface area contributed by atoms with Crippen LogP contribution in [0, 0.1) is 11.6 Å². The lowest BCUT2D eigenvalue weighted by atomic mass is 10.1. The number of hydrogen-bond donors (Lipinski definition) is 0. The molecule has 0 aliphatic carbocycles. The third-order valence-corrected chi connectivity index (χ3v) is 5.12. The van der Waals surface area contributed by atoms with Gasteiger partial charge in [-0.3, -0.25) is 9.69 Å². The monoisotopic (exact) mass is 387 g/mol. The maximum Gasteiger partial charge on any atom is 0.326 e. The number of amides is 2. The summed E-state index contributed by atoms with van der Waals surface area (Å²) < 4.78 is 27.0. The number of aromatic nitrogens is 2. The average Bonchev–Trinajstić information content (AvgIpc) is 3.30. The number of urea groups is 1. The Morgan fingerprint density at radius 3 is 2.71 bits per heavy atom. The normalized spacial score (nSPS) is 18.5. The fraction of sp³-hybridized carbons (Fsp3) is 0.368. The van der Waals surface area contributed by atoms with E-state index in [-0.39, 0.29) is 18.0 Å². The number of carbonyl (C=O) groups is 2. The predicted octanol–water partition coefficient (Wildman–Crippen LogP) is 2.34. The molecule has 2 amide bonds. The van der Waals surface area contributed by atoms with Crippen molar-refractivity contribution in [3.63, 3.8) is 0 Å². The van der Waals surface area contributed by atoms with Crippen LogP contribution in [-0.4, -0.2) is 53.5 Å². The average molecular weight is 387 g/mol. The Morgan fingerprint density at radius 2 is 2.04 bits per heavy atom. The maximum absolute atomic E-state index is 13.9. The van der Waals surface area contributed by atoms with Crippen molar-refractivity contribution in [2.24, 2.45) is 0 Å². The Hall–Kier alpha value is -3.10. The van der Waals surface area contributed by atoms with Crippen molar-refractivity contribution in [2.45, 2.75) is 25.4 Å². The van der Waals surface area contributed by atoms with Gasteiger partial charge in [0, 0.05) is 32.6 Å². The smallest absolute Gasteiger partial charge is 0.326 e. The Kier molecular flexibility index (Phi) is 4.66. The zero-order chi connectivity index (χ0) is 19.8. The molecule has 1 unspecified atom stereocenters. The number of aldehydes is 1. The third kappa shape index (κ3) is 3.06. The molecule has 2 aliphatic heterocycles. The summed E-state index contributed by atoms with van der Waals surface area (Å²) in [6, 6.07) is 3.09. The molecule has 146 valence electrons. The van der Waals surface area contributed by atoms with Crippen LogP contribution in [0.25, 0.3) is 0 Å². The molecule has 7 nitrogen and oxygen atoms in total. The summed E-state index contributed by atoms with van der Waals surface area (Å²) in [6.07, 6.45) is 3.30. The Bertz CT molecular complexity index is 933. The van der Waals surface area contributed by atoms with E-state index < -0.39 is 17.8 Å². The van der Waals surface area contributed by atoms with Crippen molar-refractivity contribution in [1.82, 2.24) is 14.9 Å². The molecule has 1 saturated heterocycles. The molecule has 0 spiro atoms. The number of anilines is 2. The Labute approximate surface area is 160 Å². The van der Waals surface area contributed by atoms with Crippen LogP contribution in [0.5, 0.6) is 0 Å². The van der Waals surface area contributed by atoms with Crippen LogP contribution in [0.15, 0.2) is 24.4 Å². The number of likely N-dealkylation sites (tertiary alicyclic amines) is 1. The summed E-state index contributed by atoms with van der Waals surface area (Å²) in [5, 5.41) is 0. The molecule has 1 aromatic carbocycles. The van der Waals surface area contributed by atoms with Crippen LogP contribution in [0.2, 0.25) is 0 Å². The lowest BCUT2D eigenvalue weighted by Crippen LogP contribution is -2.50. The van der Waals surface area contributed by atoms with Crippen LogP contribution >= 0.6 is 0 Å². The van der Waals surface area contributed by atoms with Gasteiger partial charge in [-0.2, -0.15) is 0 Å². The van der Waals surface area contributed by atoms with Crippen molar-refractivity contribution in [1.29, 1.82) is 0 Å². The zero-order valence-corrected chi connectivity index (χ0v) is 15.3. The molecule has 1 fully saturated rings. The topological polar surface area (TPSA) is 69.6 Å². The standard InChI is InChI=1S/C19H19F2N5O2/c1-24-17(11-27)26(19(28)25-6-2-3-7-25)15-10-22-16(23-18(15)24)8-12-4-5-13(20)9-14(12)21/h4-5,9-11,17H,2-3,6-8H2,1H3. The van der Waals surface area contributed by atoms with Crippen LogP contribution in [0.3, 0.4) is 0 Å². The molecular formula is C19H19F2N5O2. The number of halogens is 2. The summed E-state index contributed by atoms with van der Waals surface area (Å²) >= 11 is 0. The van der Waals surface area contributed by atoms with Crippen molar-refractivity contribution < 1.29 is 18.4 Å². The second-order valence-corrected chi connectivity index (χ2v) is 6.91. The molecule has 9 heteroatoms. The van der Waals surface area contributed by atoms with E-state index in [1.807, 2.05) is 0 Å². The first-order valence-corrected chi connectivity index (χ1v) is 9.05. The van der Waals surface area contributed by atoms with E-state index in [4.69, 9.17) is 0 Å². The van der Waals surface area contributed by atoms with E-state index in [2.05, 4.69) is 9.97 Å². The quantitative estimate of drug-likeness (QED) is 0.757.